The second-order valence-corrected chi connectivity index (χ2v) is 3.76. The minimum Gasteiger partial charge on any atom is -0.387 e. The predicted octanol–water partition coefficient (Wildman–Crippen LogP) is 1.38. The molecule has 74 valence electrons. The van der Waals surface area contributed by atoms with Gasteiger partial charge in [0.05, 0.1) is 6.10 Å². The standard InChI is InChI=1S/C12H15NO/c1-13-8-7-11(12(14)9-13)10-5-3-2-4-6-10/h2-7,12,14H,8-9H2,1H3. The lowest BCUT2D eigenvalue weighted by molar-refractivity contribution is 0.170. The molecule has 0 aromatic heterocycles. The van der Waals surface area contributed by atoms with Gasteiger partial charge in [-0.1, -0.05) is 36.4 Å². The highest BCUT2D eigenvalue weighted by Crippen LogP contribution is 2.21. The molecule has 2 rings (SSSR count). The van der Waals surface area contributed by atoms with Gasteiger partial charge in [0.15, 0.2) is 0 Å². The van der Waals surface area contributed by atoms with Crippen molar-refractivity contribution >= 4 is 5.57 Å². The van der Waals surface area contributed by atoms with Crippen molar-refractivity contribution < 1.29 is 5.11 Å². The van der Waals surface area contributed by atoms with Crippen molar-refractivity contribution in [1.29, 1.82) is 0 Å². The summed E-state index contributed by atoms with van der Waals surface area (Å²) in [6, 6.07) is 10.1. The molecule has 1 aromatic rings. The van der Waals surface area contributed by atoms with Gasteiger partial charge in [-0.15, -0.1) is 0 Å². The van der Waals surface area contributed by atoms with Gasteiger partial charge < -0.3 is 5.11 Å². The van der Waals surface area contributed by atoms with Gasteiger partial charge in [0.1, 0.15) is 0 Å². The minimum atomic E-state index is -0.351. The zero-order valence-electron chi connectivity index (χ0n) is 8.35. The fraction of sp³-hybridized carbons (Fsp3) is 0.333. The van der Waals surface area contributed by atoms with Gasteiger partial charge in [0.25, 0.3) is 0 Å². The van der Waals surface area contributed by atoms with Crippen molar-refractivity contribution in [1.82, 2.24) is 4.90 Å². The highest BCUT2D eigenvalue weighted by molar-refractivity contribution is 5.69. The van der Waals surface area contributed by atoms with Gasteiger partial charge in [-0.25, -0.2) is 0 Å². The molecule has 2 nitrogen and oxygen atoms in total. The Balaban J connectivity index is 2.27. The summed E-state index contributed by atoms with van der Waals surface area (Å²) < 4.78 is 0. The fourth-order valence-electron chi connectivity index (χ4n) is 1.80. The normalized spacial score (nSPS) is 23.3. The second kappa shape index (κ2) is 3.95. The van der Waals surface area contributed by atoms with Gasteiger partial charge in [0.2, 0.25) is 0 Å². The van der Waals surface area contributed by atoms with E-state index in [4.69, 9.17) is 0 Å². The number of aliphatic hydroxyl groups is 1. The summed E-state index contributed by atoms with van der Waals surface area (Å²) in [5, 5.41) is 9.88. The zero-order valence-corrected chi connectivity index (χ0v) is 8.35. The minimum absolute atomic E-state index is 0.351. The van der Waals surface area contributed by atoms with E-state index in [-0.39, 0.29) is 6.10 Å². The molecule has 1 aliphatic heterocycles. The lowest BCUT2D eigenvalue weighted by Crippen LogP contribution is -2.34. The first-order valence-corrected chi connectivity index (χ1v) is 4.89. The Labute approximate surface area is 84.5 Å². The number of hydrogen-bond acceptors (Lipinski definition) is 2. The molecule has 0 bridgehead atoms. The molecule has 1 heterocycles. The molecule has 1 unspecified atom stereocenters. The van der Waals surface area contributed by atoms with Crippen LogP contribution >= 0.6 is 0 Å². The van der Waals surface area contributed by atoms with Crippen molar-refractivity contribution in [3.8, 4) is 0 Å². The van der Waals surface area contributed by atoms with Crippen molar-refractivity contribution in [2.45, 2.75) is 6.10 Å². The number of hydrogen-bond donors (Lipinski definition) is 1. The maximum atomic E-state index is 9.88. The Morgan fingerprint density at radius 2 is 2.00 bits per heavy atom. The molecule has 0 saturated heterocycles. The Kier molecular flexibility index (Phi) is 2.66. The Morgan fingerprint density at radius 3 is 2.64 bits per heavy atom. The molecular formula is C12H15NO. The topological polar surface area (TPSA) is 23.5 Å². The monoisotopic (exact) mass is 189 g/mol. The smallest absolute Gasteiger partial charge is 0.0920 e. The fourth-order valence-corrected chi connectivity index (χ4v) is 1.80. The molecule has 0 aliphatic carbocycles. The first-order valence-electron chi connectivity index (χ1n) is 4.89. The number of likely N-dealkylation sites (N-methyl/N-ethyl adjacent to an activating group) is 1. The van der Waals surface area contributed by atoms with E-state index >= 15 is 0 Å². The van der Waals surface area contributed by atoms with E-state index in [1.54, 1.807) is 0 Å². The van der Waals surface area contributed by atoms with Crippen molar-refractivity contribution in [2.24, 2.45) is 0 Å². The molecule has 1 aromatic carbocycles. The van der Waals surface area contributed by atoms with Crippen LogP contribution < -0.4 is 0 Å². The van der Waals surface area contributed by atoms with Crippen molar-refractivity contribution in [2.75, 3.05) is 20.1 Å². The lowest BCUT2D eigenvalue weighted by atomic mass is 9.97. The van der Waals surface area contributed by atoms with E-state index < -0.39 is 0 Å². The third-order valence-electron chi connectivity index (χ3n) is 2.57. The number of β-amino-alcohol motifs (C(OH)–C–C–N with tert-alkyl or cyclic N) is 1. The first kappa shape index (κ1) is 9.44. The van der Waals surface area contributed by atoms with Crippen LogP contribution in [0.15, 0.2) is 36.4 Å². The maximum absolute atomic E-state index is 9.88. The van der Waals surface area contributed by atoms with Crippen LogP contribution in [0.1, 0.15) is 5.56 Å². The summed E-state index contributed by atoms with van der Waals surface area (Å²) in [5.41, 5.74) is 2.19. The summed E-state index contributed by atoms with van der Waals surface area (Å²) in [6.45, 7) is 1.64. The molecule has 0 fully saturated rings. The van der Waals surface area contributed by atoms with Crippen molar-refractivity contribution in [3.05, 3.63) is 42.0 Å². The van der Waals surface area contributed by atoms with E-state index in [0.717, 1.165) is 24.2 Å². The highest BCUT2D eigenvalue weighted by Gasteiger charge is 2.18. The van der Waals surface area contributed by atoms with Crippen LogP contribution in [0.25, 0.3) is 5.57 Å². The Morgan fingerprint density at radius 1 is 1.29 bits per heavy atom. The summed E-state index contributed by atoms with van der Waals surface area (Å²) >= 11 is 0. The average molecular weight is 189 g/mol. The molecule has 1 atom stereocenters. The maximum Gasteiger partial charge on any atom is 0.0920 e. The van der Waals surface area contributed by atoms with Gasteiger partial charge in [-0.2, -0.15) is 0 Å². The number of nitrogens with zero attached hydrogens (tertiary/aromatic N) is 1. The van der Waals surface area contributed by atoms with Gasteiger partial charge in [-0.3, -0.25) is 4.90 Å². The van der Waals surface area contributed by atoms with Crippen LogP contribution in [-0.4, -0.2) is 36.2 Å². The largest absolute Gasteiger partial charge is 0.387 e. The van der Waals surface area contributed by atoms with E-state index in [2.05, 4.69) is 11.0 Å². The molecule has 0 spiro atoms. The molecular weight excluding hydrogens is 174 g/mol. The van der Waals surface area contributed by atoms with Crippen LogP contribution in [0.5, 0.6) is 0 Å². The van der Waals surface area contributed by atoms with Crippen molar-refractivity contribution in [3.63, 3.8) is 0 Å². The van der Waals surface area contributed by atoms with Crippen LogP contribution in [-0.2, 0) is 0 Å². The van der Waals surface area contributed by atoms with Crippen LogP contribution in [0, 0.1) is 0 Å². The first-order chi connectivity index (χ1) is 6.77. The highest BCUT2D eigenvalue weighted by atomic mass is 16.3. The molecule has 0 saturated carbocycles. The third kappa shape index (κ3) is 1.86. The number of benzene rings is 1. The SMILES string of the molecule is CN1CC=C(c2ccccc2)C(O)C1. The van der Waals surface area contributed by atoms with Crippen LogP contribution in [0.3, 0.4) is 0 Å². The Hall–Kier alpha value is -1.12. The van der Waals surface area contributed by atoms with Gasteiger partial charge in [0, 0.05) is 13.1 Å². The summed E-state index contributed by atoms with van der Waals surface area (Å²) in [7, 11) is 2.02. The average Bonchev–Trinajstić information content (AvgIpc) is 2.19. The molecule has 14 heavy (non-hydrogen) atoms. The molecule has 0 radical (unpaired) electrons. The van der Waals surface area contributed by atoms with Gasteiger partial charge >= 0.3 is 0 Å². The predicted molar refractivity (Wildman–Crippen MR) is 57.9 cm³/mol. The van der Waals surface area contributed by atoms with E-state index in [1.807, 2.05) is 37.4 Å². The summed E-state index contributed by atoms with van der Waals surface area (Å²) in [5.74, 6) is 0. The quantitative estimate of drug-likeness (QED) is 0.721. The van der Waals surface area contributed by atoms with E-state index in [1.165, 1.54) is 0 Å². The zero-order chi connectivity index (χ0) is 9.97. The molecule has 0 amide bonds. The molecule has 2 heteroatoms. The molecule has 1 aliphatic rings. The third-order valence-corrected chi connectivity index (χ3v) is 2.57. The number of rotatable bonds is 1. The second-order valence-electron chi connectivity index (χ2n) is 3.76. The van der Waals surface area contributed by atoms with Gasteiger partial charge in [-0.05, 0) is 18.2 Å². The Bertz CT molecular complexity index is 331. The number of aliphatic hydroxyl groups excluding tert-OH is 1. The molecule has 1 N–H and O–H groups in total. The lowest BCUT2D eigenvalue weighted by Gasteiger charge is -2.27. The summed E-state index contributed by atoms with van der Waals surface area (Å²) in [4.78, 5) is 2.11. The van der Waals surface area contributed by atoms with E-state index in [9.17, 15) is 5.11 Å². The summed E-state index contributed by atoms with van der Waals surface area (Å²) in [6.07, 6.45) is 1.75. The van der Waals surface area contributed by atoms with E-state index in [0.29, 0.717) is 0 Å². The van der Waals surface area contributed by atoms with Crippen LogP contribution in [0.2, 0.25) is 0 Å². The van der Waals surface area contributed by atoms with Crippen LogP contribution in [0.4, 0.5) is 0 Å².